The maximum Gasteiger partial charge on any atom is 0.126 e. The van der Waals surface area contributed by atoms with Crippen LogP contribution in [-0.2, 0) is 6.42 Å². The van der Waals surface area contributed by atoms with Crippen LogP contribution in [0.15, 0.2) is 18.2 Å². The molecule has 2 aliphatic rings. The van der Waals surface area contributed by atoms with Crippen molar-refractivity contribution in [2.45, 2.75) is 31.8 Å². The van der Waals surface area contributed by atoms with Crippen molar-refractivity contribution in [3.05, 3.63) is 23.8 Å². The number of hydrogen-bond acceptors (Lipinski definition) is 3. The summed E-state index contributed by atoms with van der Waals surface area (Å²) in [5, 5.41) is 3.40. The zero-order valence-corrected chi connectivity index (χ0v) is 10.1. The van der Waals surface area contributed by atoms with Crippen molar-refractivity contribution >= 4 is 0 Å². The molecular weight excluding hydrogens is 214 g/mol. The van der Waals surface area contributed by atoms with E-state index in [9.17, 15) is 0 Å². The van der Waals surface area contributed by atoms with E-state index in [1.165, 1.54) is 12.0 Å². The Kier molecular flexibility index (Phi) is 3.18. The van der Waals surface area contributed by atoms with E-state index in [-0.39, 0.29) is 0 Å². The average molecular weight is 233 g/mol. The molecule has 0 bridgehead atoms. The predicted molar refractivity (Wildman–Crippen MR) is 66.8 cm³/mol. The molecule has 92 valence electrons. The molecule has 0 aromatic heterocycles. The number of ether oxygens (including phenoxy) is 2. The highest BCUT2D eigenvalue weighted by atomic mass is 16.5. The Bertz CT molecular complexity index is 384. The fourth-order valence-corrected chi connectivity index (χ4v) is 2.52. The zero-order chi connectivity index (χ0) is 11.5. The molecule has 1 fully saturated rings. The first-order valence-electron chi connectivity index (χ1n) is 6.55. The van der Waals surface area contributed by atoms with Crippen LogP contribution in [0.25, 0.3) is 0 Å². The summed E-state index contributed by atoms with van der Waals surface area (Å²) in [7, 11) is 0. The maximum atomic E-state index is 6.04. The van der Waals surface area contributed by atoms with Crippen LogP contribution >= 0.6 is 0 Å². The number of nitrogens with one attached hydrogen (secondary N) is 1. The first-order valence-corrected chi connectivity index (χ1v) is 6.55. The number of fused-ring (bicyclic) bond motifs is 1. The summed E-state index contributed by atoms with van der Waals surface area (Å²) in [6.07, 6.45) is 4.82. The van der Waals surface area contributed by atoms with Gasteiger partial charge < -0.3 is 14.8 Å². The molecule has 3 rings (SSSR count). The molecule has 1 N–H and O–H groups in total. The molecule has 1 unspecified atom stereocenters. The van der Waals surface area contributed by atoms with Crippen molar-refractivity contribution in [3.63, 3.8) is 0 Å². The maximum absolute atomic E-state index is 6.04. The fourth-order valence-electron chi connectivity index (χ4n) is 2.52. The van der Waals surface area contributed by atoms with E-state index in [4.69, 9.17) is 9.47 Å². The van der Waals surface area contributed by atoms with Gasteiger partial charge in [0.2, 0.25) is 0 Å². The van der Waals surface area contributed by atoms with Crippen LogP contribution < -0.4 is 14.8 Å². The Hall–Kier alpha value is -1.22. The van der Waals surface area contributed by atoms with E-state index in [0.29, 0.717) is 6.10 Å². The molecule has 3 nitrogen and oxygen atoms in total. The Morgan fingerprint density at radius 1 is 1.24 bits per heavy atom. The Labute approximate surface area is 102 Å². The molecule has 2 heterocycles. The number of rotatable bonds is 2. The molecule has 0 radical (unpaired) electrons. The van der Waals surface area contributed by atoms with E-state index < -0.39 is 0 Å². The van der Waals surface area contributed by atoms with Gasteiger partial charge in [0, 0.05) is 12.5 Å². The first-order chi connectivity index (χ1) is 8.42. The summed E-state index contributed by atoms with van der Waals surface area (Å²) in [5.41, 5.74) is 1.31. The van der Waals surface area contributed by atoms with Crippen LogP contribution in [-0.4, -0.2) is 25.8 Å². The minimum Gasteiger partial charge on any atom is -0.493 e. The van der Waals surface area contributed by atoms with Crippen LogP contribution in [0, 0.1) is 0 Å². The van der Waals surface area contributed by atoms with E-state index >= 15 is 0 Å². The summed E-state index contributed by atoms with van der Waals surface area (Å²) >= 11 is 0. The minimum atomic E-state index is 0.351. The van der Waals surface area contributed by atoms with Crippen molar-refractivity contribution in [2.24, 2.45) is 0 Å². The molecule has 0 spiro atoms. The summed E-state index contributed by atoms with van der Waals surface area (Å²) in [5.74, 6) is 1.96. The van der Waals surface area contributed by atoms with Crippen LogP contribution in [0.1, 0.15) is 24.8 Å². The molecule has 3 heteroatoms. The third-order valence-corrected chi connectivity index (χ3v) is 3.49. The standard InChI is InChI=1S/C14H19NO2/c1-2-12(5-8-15-7-1)17-13-4-3-11-6-9-16-14(11)10-13/h3-4,10,12,15H,1-2,5-9H2. The van der Waals surface area contributed by atoms with Crippen molar-refractivity contribution in [2.75, 3.05) is 19.7 Å². The topological polar surface area (TPSA) is 30.5 Å². The van der Waals surface area contributed by atoms with Gasteiger partial charge in [-0.05, 0) is 44.0 Å². The van der Waals surface area contributed by atoms with Gasteiger partial charge in [-0.15, -0.1) is 0 Å². The lowest BCUT2D eigenvalue weighted by Gasteiger charge is -2.17. The largest absolute Gasteiger partial charge is 0.493 e. The number of hydrogen-bond donors (Lipinski definition) is 1. The molecule has 0 saturated carbocycles. The highest BCUT2D eigenvalue weighted by molar-refractivity contribution is 5.42. The normalized spacial score (nSPS) is 23.6. The van der Waals surface area contributed by atoms with Crippen LogP contribution in [0.5, 0.6) is 11.5 Å². The molecule has 0 amide bonds. The van der Waals surface area contributed by atoms with E-state index in [1.807, 2.05) is 6.07 Å². The quantitative estimate of drug-likeness (QED) is 0.849. The second-order valence-corrected chi connectivity index (χ2v) is 4.79. The van der Waals surface area contributed by atoms with Crippen LogP contribution in [0.4, 0.5) is 0 Å². The van der Waals surface area contributed by atoms with E-state index in [2.05, 4.69) is 17.4 Å². The third-order valence-electron chi connectivity index (χ3n) is 3.49. The van der Waals surface area contributed by atoms with Gasteiger partial charge in [-0.2, -0.15) is 0 Å². The molecule has 1 aromatic rings. The molecule has 1 saturated heterocycles. The fraction of sp³-hybridized carbons (Fsp3) is 0.571. The summed E-state index contributed by atoms with van der Waals surface area (Å²) in [6.45, 7) is 2.99. The SMILES string of the molecule is c1cc2c(cc1OC1CCCNCC1)OCC2. The van der Waals surface area contributed by atoms with Gasteiger partial charge in [0.25, 0.3) is 0 Å². The molecule has 0 aliphatic carbocycles. The van der Waals surface area contributed by atoms with Gasteiger partial charge in [0.15, 0.2) is 0 Å². The highest BCUT2D eigenvalue weighted by Crippen LogP contribution is 2.30. The van der Waals surface area contributed by atoms with Gasteiger partial charge in [-0.25, -0.2) is 0 Å². The summed E-state index contributed by atoms with van der Waals surface area (Å²) < 4.78 is 11.6. The third kappa shape index (κ3) is 2.55. The van der Waals surface area contributed by atoms with Gasteiger partial charge >= 0.3 is 0 Å². The number of benzene rings is 1. The van der Waals surface area contributed by atoms with Gasteiger partial charge in [0.1, 0.15) is 11.5 Å². The summed E-state index contributed by atoms with van der Waals surface area (Å²) in [6, 6.07) is 6.25. The highest BCUT2D eigenvalue weighted by Gasteiger charge is 2.16. The van der Waals surface area contributed by atoms with Crippen LogP contribution in [0.3, 0.4) is 0 Å². The molecule has 17 heavy (non-hydrogen) atoms. The van der Waals surface area contributed by atoms with E-state index in [1.54, 1.807) is 0 Å². The monoisotopic (exact) mass is 233 g/mol. The van der Waals surface area contributed by atoms with Gasteiger partial charge in [0.05, 0.1) is 12.7 Å². The predicted octanol–water partition coefficient (Wildman–Crippen LogP) is 2.14. The zero-order valence-electron chi connectivity index (χ0n) is 10.1. The van der Waals surface area contributed by atoms with E-state index in [0.717, 1.165) is 50.5 Å². The first kappa shape index (κ1) is 10.9. The molecular formula is C14H19NO2. The lowest BCUT2D eigenvalue weighted by atomic mass is 10.1. The smallest absolute Gasteiger partial charge is 0.126 e. The minimum absolute atomic E-state index is 0.351. The van der Waals surface area contributed by atoms with Crippen molar-refractivity contribution < 1.29 is 9.47 Å². The van der Waals surface area contributed by atoms with Crippen molar-refractivity contribution in [1.82, 2.24) is 5.32 Å². The molecule has 1 aromatic carbocycles. The second-order valence-electron chi connectivity index (χ2n) is 4.79. The van der Waals surface area contributed by atoms with Crippen LogP contribution in [0.2, 0.25) is 0 Å². The van der Waals surface area contributed by atoms with Crippen molar-refractivity contribution in [1.29, 1.82) is 0 Å². The lowest BCUT2D eigenvalue weighted by Crippen LogP contribution is -2.19. The molecule has 1 atom stereocenters. The average Bonchev–Trinajstić information content (AvgIpc) is 2.65. The molecule has 2 aliphatic heterocycles. The summed E-state index contributed by atoms with van der Waals surface area (Å²) in [4.78, 5) is 0. The lowest BCUT2D eigenvalue weighted by molar-refractivity contribution is 0.187. The van der Waals surface area contributed by atoms with Gasteiger partial charge in [-0.3, -0.25) is 0 Å². The Balaban J connectivity index is 1.67. The Morgan fingerprint density at radius 2 is 2.24 bits per heavy atom. The van der Waals surface area contributed by atoms with Crippen molar-refractivity contribution in [3.8, 4) is 11.5 Å². The van der Waals surface area contributed by atoms with Gasteiger partial charge in [-0.1, -0.05) is 6.07 Å². The Morgan fingerprint density at radius 3 is 3.24 bits per heavy atom. The second kappa shape index (κ2) is 4.96.